The molecule has 0 aliphatic rings. The van der Waals surface area contributed by atoms with Crippen molar-refractivity contribution in [1.82, 2.24) is 0 Å². The first-order valence-corrected chi connectivity index (χ1v) is 2.68. The molecule has 0 aliphatic carbocycles. The van der Waals surface area contributed by atoms with E-state index in [1.165, 1.54) is 0 Å². The summed E-state index contributed by atoms with van der Waals surface area (Å²) in [5, 5.41) is 0.618. The van der Waals surface area contributed by atoms with Gasteiger partial charge in [-0.1, -0.05) is 23.7 Å². The van der Waals surface area contributed by atoms with Gasteiger partial charge in [0.1, 0.15) is 0 Å². The van der Waals surface area contributed by atoms with Gasteiger partial charge in [-0.3, -0.25) is 0 Å². The molecule has 0 aromatic heterocycles. The Labute approximate surface area is 72.9 Å². The van der Waals surface area contributed by atoms with E-state index < -0.39 is 0 Å². The number of para-hydroxylation sites is 1. The third-order valence-corrected chi connectivity index (χ3v) is 1.25. The molecular weight excluding hydrogens is 128 g/mol. The number of nitrogens with two attached hydrogens (primary N) is 1. The normalized spacial score (nSPS) is 8.11. The van der Waals surface area contributed by atoms with Crippen molar-refractivity contribution in [2.24, 2.45) is 0 Å². The van der Waals surface area contributed by atoms with Crippen LogP contribution in [0, 0.1) is 0 Å². The smallest absolute Gasteiger partial charge is 1.00 e. The maximum atomic E-state index is 5.58. The van der Waals surface area contributed by atoms with E-state index in [4.69, 9.17) is 17.3 Å². The average molecular weight is 136 g/mol. The van der Waals surface area contributed by atoms with Crippen LogP contribution in [0.2, 0.25) is 5.02 Å². The Bertz CT molecular complexity index is 174. The second-order valence-corrected chi connectivity index (χ2v) is 1.93. The molecule has 0 radical (unpaired) electrons. The van der Waals surface area contributed by atoms with Crippen molar-refractivity contribution in [2.45, 2.75) is 0 Å². The molecule has 1 aromatic carbocycles. The van der Waals surface area contributed by atoms with E-state index in [1.54, 1.807) is 12.1 Å². The van der Waals surface area contributed by atoms with Crippen LogP contribution in [-0.2, 0) is 0 Å². The molecule has 0 unspecified atom stereocenters. The Morgan fingerprint density at radius 1 is 1.33 bits per heavy atom. The van der Waals surface area contributed by atoms with Crippen molar-refractivity contribution in [3.63, 3.8) is 0 Å². The van der Waals surface area contributed by atoms with Gasteiger partial charge in [-0.05, 0) is 12.1 Å². The predicted octanol–water partition coefficient (Wildman–Crippen LogP) is -0.961. The van der Waals surface area contributed by atoms with Crippen LogP contribution in [0.15, 0.2) is 24.3 Å². The molecule has 1 aromatic rings. The van der Waals surface area contributed by atoms with Gasteiger partial charge in [0, 0.05) is 0 Å². The van der Waals surface area contributed by atoms with Gasteiger partial charge in [-0.15, -0.1) is 0 Å². The molecule has 3 heteroatoms. The number of benzene rings is 1. The molecule has 1 nitrogen and oxygen atoms in total. The van der Waals surface area contributed by atoms with Crippen molar-refractivity contribution in [3.05, 3.63) is 29.3 Å². The van der Waals surface area contributed by atoms with Crippen molar-refractivity contribution in [2.75, 3.05) is 5.73 Å². The molecule has 0 spiro atoms. The summed E-state index contributed by atoms with van der Waals surface area (Å²) < 4.78 is 0. The third-order valence-electron chi connectivity index (χ3n) is 0.905. The van der Waals surface area contributed by atoms with Crippen LogP contribution in [0.5, 0.6) is 0 Å². The number of rotatable bonds is 0. The van der Waals surface area contributed by atoms with E-state index in [2.05, 4.69) is 0 Å². The first-order chi connectivity index (χ1) is 3.80. The van der Waals surface area contributed by atoms with Gasteiger partial charge in [-0.25, -0.2) is 0 Å². The number of anilines is 1. The molecule has 9 heavy (non-hydrogen) atoms. The Morgan fingerprint density at radius 2 is 1.89 bits per heavy atom. The van der Waals surface area contributed by atoms with E-state index in [0.29, 0.717) is 10.7 Å². The molecule has 1 rings (SSSR count). The van der Waals surface area contributed by atoms with E-state index in [-0.39, 0.29) is 20.3 Å². The van der Waals surface area contributed by atoms with Gasteiger partial charge in [0.25, 0.3) is 0 Å². The summed E-state index contributed by atoms with van der Waals surface area (Å²) in [6, 6.07) is 7.22. The minimum Gasteiger partial charge on any atom is -1.00 e. The van der Waals surface area contributed by atoms with Gasteiger partial charge in [0.15, 0.2) is 0 Å². The monoisotopic (exact) mass is 135 g/mol. The van der Waals surface area contributed by atoms with Crippen LogP contribution in [-0.4, -0.2) is 0 Å². The molecule has 0 saturated carbocycles. The van der Waals surface area contributed by atoms with Crippen molar-refractivity contribution in [1.29, 1.82) is 0 Å². The van der Waals surface area contributed by atoms with Crippen LogP contribution >= 0.6 is 11.6 Å². The summed E-state index contributed by atoms with van der Waals surface area (Å²) in [6.45, 7) is 0. The third kappa shape index (κ3) is 2.32. The van der Waals surface area contributed by atoms with E-state index in [1.807, 2.05) is 12.1 Å². The summed E-state index contributed by atoms with van der Waals surface area (Å²) in [4.78, 5) is 0. The number of halogens is 1. The first kappa shape index (κ1) is 8.91. The molecule has 0 atom stereocenters. The summed E-state index contributed by atoms with van der Waals surface area (Å²) >= 11 is 5.58. The number of hydrogen-bond acceptors (Lipinski definition) is 1. The second kappa shape index (κ2) is 3.84. The molecule has 0 heterocycles. The van der Waals surface area contributed by atoms with Crippen molar-refractivity contribution >= 4 is 17.3 Å². The molecule has 0 saturated heterocycles. The zero-order chi connectivity index (χ0) is 5.98. The maximum absolute atomic E-state index is 5.58. The Kier molecular flexibility index (Phi) is 3.80. The maximum Gasteiger partial charge on any atom is 1.00 e. The zero-order valence-electron chi connectivity index (χ0n) is 6.26. The molecular formula is C6H7ClLiN. The van der Waals surface area contributed by atoms with Crippen LogP contribution < -0.4 is 24.6 Å². The van der Waals surface area contributed by atoms with Crippen LogP contribution in [0.4, 0.5) is 5.69 Å². The minimum atomic E-state index is 0. The van der Waals surface area contributed by atoms with E-state index in [9.17, 15) is 0 Å². The molecule has 44 valence electrons. The summed E-state index contributed by atoms with van der Waals surface area (Å²) in [7, 11) is 0. The molecule has 2 N–H and O–H groups in total. The van der Waals surface area contributed by atoms with Crippen LogP contribution in [0.25, 0.3) is 0 Å². The molecule has 0 amide bonds. The van der Waals surface area contributed by atoms with E-state index in [0.717, 1.165) is 0 Å². The quantitative estimate of drug-likeness (QED) is 0.360. The second-order valence-electron chi connectivity index (χ2n) is 1.52. The largest absolute Gasteiger partial charge is 1.00 e. The van der Waals surface area contributed by atoms with Gasteiger partial charge < -0.3 is 7.16 Å². The van der Waals surface area contributed by atoms with Crippen LogP contribution in [0.3, 0.4) is 0 Å². The Balaban J connectivity index is 0. The first-order valence-electron chi connectivity index (χ1n) is 2.31. The number of hydrogen-bond donors (Lipinski definition) is 1. The summed E-state index contributed by atoms with van der Waals surface area (Å²) in [5.74, 6) is 0. The van der Waals surface area contributed by atoms with Crippen molar-refractivity contribution in [3.8, 4) is 0 Å². The summed E-state index contributed by atoms with van der Waals surface area (Å²) in [6.07, 6.45) is 0. The standard InChI is InChI=1S/C6H6ClN.Li.H/c7-5-3-1-2-4-6(5)8;;/h1-4H,8H2;;/q;+1;-1. The van der Waals surface area contributed by atoms with Gasteiger partial charge in [0.2, 0.25) is 0 Å². The van der Waals surface area contributed by atoms with E-state index >= 15 is 0 Å². The average Bonchev–Trinajstić information content (AvgIpc) is 1.77. The molecule has 0 fully saturated rings. The van der Waals surface area contributed by atoms with Crippen LogP contribution in [0.1, 0.15) is 1.43 Å². The zero-order valence-corrected chi connectivity index (χ0v) is 6.02. The Morgan fingerprint density at radius 3 is 2.22 bits per heavy atom. The topological polar surface area (TPSA) is 26.0 Å². The fourth-order valence-corrected chi connectivity index (χ4v) is 0.611. The summed E-state index contributed by atoms with van der Waals surface area (Å²) in [5.41, 5.74) is 6.02. The SMILES string of the molecule is Nc1ccccc1Cl.[H-].[Li+]. The fourth-order valence-electron chi connectivity index (χ4n) is 0.475. The molecule has 0 bridgehead atoms. The molecule has 0 aliphatic heterocycles. The minimum absolute atomic E-state index is 0. The van der Waals surface area contributed by atoms with Gasteiger partial charge >= 0.3 is 18.9 Å². The Hall–Kier alpha value is -0.0926. The predicted molar refractivity (Wildman–Crippen MR) is 37.0 cm³/mol. The van der Waals surface area contributed by atoms with Gasteiger partial charge in [-0.2, -0.15) is 0 Å². The fraction of sp³-hybridized carbons (Fsp3) is 0. The van der Waals surface area contributed by atoms with Gasteiger partial charge in [0.05, 0.1) is 10.7 Å². The number of nitrogen functional groups attached to an aromatic ring is 1. The van der Waals surface area contributed by atoms with Crippen molar-refractivity contribution < 1.29 is 20.3 Å².